The molecule has 0 heterocycles. The summed E-state index contributed by atoms with van der Waals surface area (Å²) in [6, 6.07) is 0. The Labute approximate surface area is 267 Å². The molecular formula is Cl7K4Rh. The number of hydrogen-bond acceptors (Lipinski definition) is 0. The fourth-order valence-electron chi connectivity index (χ4n) is 0. The van der Waals surface area contributed by atoms with Crippen LogP contribution >= 0.6 is 67.8 Å². The van der Waals surface area contributed by atoms with Crippen LogP contribution in [-0.2, 0) is 4.31 Å². The molecule has 12 heavy (non-hydrogen) atoms. The minimum absolute atomic E-state index is 0. The SMILES string of the molecule is [Cl][Rh-4]([Cl])([Cl])([Cl])([Cl])([Cl])[Cl].[K+].[K+].[K+].[K+]. The van der Waals surface area contributed by atoms with Gasteiger partial charge in [-0.15, -0.1) is 0 Å². The molecular weight excluding hydrogens is 507 g/mol. The van der Waals surface area contributed by atoms with Crippen molar-refractivity contribution in [2.24, 2.45) is 0 Å². The molecule has 0 bridgehead atoms. The monoisotopic (exact) mass is 504 g/mol. The Balaban J connectivity index is -0.0000000408. The number of rotatable bonds is 0. The fraction of sp³-hybridized carbons (Fsp3) is 0. The van der Waals surface area contributed by atoms with Crippen molar-refractivity contribution in [3.8, 4) is 0 Å². The van der Waals surface area contributed by atoms with E-state index in [1.54, 1.807) is 0 Å². The van der Waals surface area contributed by atoms with Gasteiger partial charge in [0.25, 0.3) is 0 Å². The van der Waals surface area contributed by atoms with Crippen LogP contribution in [0.25, 0.3) is 0 Å². The normalized spacial score (nSPS) is 18.1. The molecule has 0 aromatic heterocycles. The molecule has 0 aliphatic carbocycles. The molecule has 0 saturated heterocycles. The first-order valence-electron chi connectivity index (χ1n) is 0.882. The second-order valence-electron chi connectivity index (χ2n) is 1.000. The van der Waals surface area contributed by atoms with E-state index < -0.39 is 4.31 Å². The molecule has 12 heteroatoms. The summed E-state index contributed by atoms with van der Waals surface area (Å²) >= 11 is 0. The van der Waals surface area contributed by atoms with Gasteiger partial charge < -0.3 is 0 Å². The average Bonchev–Trinajstić information content (AvgIpc) is 0.544. The average molecular weight is 507 g/mol. The third-order valence-corrected chi connectivity index (χ3v) is 0. The third kappa shape index (κ3) is 75.1. The van der Waals surface area contributed by atoms with Gasteiger partial charge in [-0.05, 0) is 0 Å². The summed E-state index contributed by atoms with van der Waals surface area (Å²) in [6.45, 7) is 0. The van der Waals surface area contributed by atoms with E-state index in [4.69, 9.17) is 67.8 Å². The molecule has 0 rings (SSSR count). The Morgan fingerprint density at radius 1 is 0.417 bits per heavy atom. The molecule has 0 aromatic carbocycles. The number of halogens is 7. The van der Waals surface area contributed by atoms with Crippen molar-refractivity contribution < 1.29 is 210 Å². The van der Waals surface area contributed by atoms with Gasteiger partial charge in [0.1, 0.15) is 0 Å². The number of hydrogen-bond donors (Lipinski definition) is 0. The van der Waals surface area contributed by atoms with E-state index in [1.165, 1.54) is 0 Å². The Morgan fingerprint density at radius 2 is 0.417 bits per heavy atom. The first-order valence-corrected chi connectivity index (χ1v) is 15.7. The van der Waals surface area contributed by atoms with E-state index in [2.05, 4.69) is 0 Å². The van der Waals surface area contributed by atoms with E-state index >= 15 is 0 Å². The molecule has 0 N–H and O–H groups in total. The molecule has 0 fully saturated rings. The van der Waals surface area contributed by atoms with Crippen LogP contribution in [0.4, 0.5) is 0 Å². The molecule has 0 saturated carbocycles. The molecule has 0 amide bonds. The minimum Gasteiger partial charge on any atom is 1.00 e. The molecule has 0 aliphatic rings. The van der Waals surface area contributed by atoms with Crippen molar-refractivity contribution in [1.82, 2.24) is 0 Å². The summed E-state index contributed by atoms with van der Waals surface area (Å²) in [5.41, 5.74) is 0. The maximum atomic E-state index is 5.05. The van der Waals surface area contributed by atoms with Gasteiger partial charge >= 0.3 is 278 Å². The zero-order valence-corrected chi connectivity index (χ0v) is 26.4. The van der Waals surface area contributed by atoms with Crippen LogP contribution in [0.2, 0.25) is 0 Å². The summed E-state index contributed by atoms with van der Waals surface area (Å²) in [5, 5.41) is 0. The predicted molar refractivity (Wildman–Crippen MR) is 41.0 cm³/mol. The largest absolute Gasteiger partial charge is 1.00 e. The molecule has 0 radical (unpaired) electrons. The first kappa shape index (κ1) is 33.0. The Morgan fingerprint density at radius 3 is 0.417 bits per heavy atom. The second-order valence-corrected chi connectivity index (χ2v) is 53.2. The molecule has 0 atom stereocenters. The van der Waals surface area contributed by atoms with E-state index in [9.17, 15) is 0 Å². The first-order chi connectivity index (χ1) is 2.65. The second kappa shape index (κ2) is 8.16. The van der Waals surface area contributed by atoms with E-state index in [1.807, 2.05) is 0 Å². The summed E-state index contributed by atoms with van der Waals surface area (Å²) < 4.78 is -6.24. The topological polar surface area (TPSA) is 0 Å². The molecule has 0 spiro atoms. The summed E-state index contributed by atoms with van der Waals surface area (Å²) in [5.74, 6) is 0. The quantitative estimate of drug-likeness (QED) is 0.286. The van der Waals surface area contributed by atoms with Crippen LogP contribution in [0.15, 0.2) is 0 Å². The fourth-order valence-corrected chi connectivity index (χ4v) is 0. The van der Waals surface area contributed by atoms with Crippen molar-refractivity contribution in [3.63, 3.8) is 0 Å². The van der Waals surface area contributed by atoms with Gasteiger partial charge in [-0.1, -0.05) is 0 Å². The van der Waals surface area contributed by atoms with Crippen molar-refractivity contribution in [2.45, 2.75) is 0 Å². The van der Waals surface area contributed by atoms with Crippen LogP contribution in [0, 0.1) is 0 Å². The van der Waals surface area contributed by atoms with E-state index in [0.29, 0.717) is 0 Å². The minimum atomic E-state index is -6.24. The van der Waals surface area contributed by atoms with Crippen molar-refractivity contribution in [3.05, 3.63) is 0 Å². The van der Waals surface area contributed by atoms with Gasteiger partial charge in [0, 0.05) is 0 Å². The van der Waals surface area contributed by atoms with E-state index in [-0.39, 0.29) is 206 Å². The standard InChI is InChI=1S/7ClH.4K.Rh/h7*1H;;;;;/q;;;;;;;4*+1;+3/p-7. The van der Waals surface area contributed by atoms with Crippen LogP contribution < -0.4 is 206 Å². The van der Waals surface area contributed by atoms with Crippen molar-refractivity contribution in [2.75, 3.05) is 0 Å². The van der Waals surface area contributed by atoms with Crippen LogP contribution in [0.1, 0.15) is 0 Å². The smallest absolute Gasteiger partial charge is 1.00 e. The Bertz CT molecular complexity index is 108. The maximum absolute atomic E-state index is 6.24. The van der Waals surface area contributed by atoms with Crippen LogP contribution in [-0.4, -0.2) is 0 Å². The van der Waals surface area contributed by atoms with Gasteiger partial charge in [-0.25, -0.2) is 0 Å². The van der Waals surface area contributed by atoms with Gasteiger partial charge in [0.2, 0.25) is 0 Å². The Hall–Kier alpha value is 9.20. The van der Waals surface area contributed by atoms with Gasteiger partial charge in [-0.3, -0.25) is 0 Å². The maximum Gasteiger partial charge on any atom is 1.00 e. The van der Waals surface area contributed by atoms with E-state index in [0.717, 1.165) is 0 Å². The van der Waals surface area contributed by atoms with Crippen molar-refractivity contribution >= 4 is 67.8 Å². The Kier molecular flexibility index (Phi) is 22.4. The molecule has 0 aliphatic heterocycles. The molecule has 0 unspecified atom stereocenters. The van der Waals surface area contributed by atoms with Gasteiger partial charge in [-0.2, -0.15) is 0 Å². The summed E-state index contributed by atoms with van der Waals surface area (Å²) in [4.78, 5) is 0. The van der Waals surface area contributed by atoms with Gasteiger partial charge in [0.15, 0.2) is 0 Å². The summed E-state index contributed by atoms with van der Waals surface area (Å²) in [6.07, 6.45) is 0. The van der Waals surface area contributed by atoms with Gasteiger partial charge in [0.05, 0.1) is 0 Å². The molecule has 0 aromatic rings. The predicted octanol–water partition coefficient (Wildman–Crippen LogP) is -7.16. The van der Waals surface area contributed by atoms with Crippen LogP contribution in [0.5, 0.6) is 0 Å². The molecule has 62 valence electrons. The zero-order valence-electron chi connectivity index (χ0n) is 6.98. The van der Waals surface area contributed by atoms with Crippen LogP contribution in [0.3, 0.4) is 0 Å². The van der Waals surface area contributed by atoms with Crippen molar-refractivity contribution in [1.29, 1.82) is 0 Å². The summed E-state index contributed by atoms with van der Waals surface area (Å²) in [7, 11) is 35.4. The third-order valence-electron chi connectivity index (χ3n) is 0. The zero-order chi connectivity index (χ0) is 7.38. The molecule has 0 nitrogen and oxygen atoms in total.